The molecule has 2 N–H and O–H groups in total. The zero-order chi connectivity index (χ0) is 15.5. The van der Waals surface area contributed by atoms with Crippen LogP contribution in [-0.2, 0) is 4.79 Å². The molecule has 0 spiro atoms. The van der Waals surface area contributed by atoms with Gasteiger partial charge in [-0.3, -0.25) is 9.59 Å². The van der Waals surface area contributed by atoms with Gasteiger partial charge < -0.3 is 10.4 Å². The van der Waals surface area contributed by atoms with Crippen molar-refractivity contribution in [1.82, 2.24) is 5.32 Å². The van der Waals surface area contributed by atoms with Crippen LogP contribution in [0, 0.1) is 5.92 Å². The van der Waals surface area contributed by atoms with Crippen LogP contribution in [0.1, 0.15) is 36.0 Å². The molecule has 0 unspecified atom stereocenters. The number of hydrogen-bond acceptors (Lipinski definition) is 2. The molecule has 0 radical (unpaired) electrons. The van der Waals surface area contributed by atoms with Crippen molar-refractivity contribution < 1.29 is 14.7 Å². The van der Waals surface area contributed by atoms with E-state index >= 15 is 0 Å². The Bertz CT molecular complexity index is 702. The van der Waals surface area contributed by atoms with Gasteiger partial charge in [-0.1, -0.05) is 30.3 Å². The Labute approximate surface area is 129 Å². The molecular weight excluding hydrogens is 278 g/mol. The fourth-order valence-electron chi connectivity index (χ4n) is 3.08. The Kier molecular flexibility index (Phi) is 4.09. The number of hydrogen-bond donors (Lipinski definition) is 2. The fraction of sp³-hybridized carbons (Fsp3) is 0.333. The predicted molar refractivity (Wildman–Crippen MR) is 84.8 cm³/mol. The first-order valence-corrected chi connectivity index (χ1v) is 7.66. The van der Waals surface area contributed by atoms with Crippen molar-refractivity contribution in [3.63, 3.8) is 0 Å². The quantitative estimate of drug-likeness (QED) is 0.914. The molecule has 114 valence electrons. The zero-order valence-electron chi connectivity index (χ0n) is 12.3. The van der Waals surface area contributed by atoms with Gasteiger partial charge >= 0.3 is 5.97 Å². The van der Waals surface area contributed by atoms with Gasteiger partial charge in [0.2, 0.25) is 0 Å². The number of carboxylic acids is 1. The summed E-state index contributed by atoms with van der Waals surface area (Å²) in [6, 6.07) is 13.7. The van der Waals surface area contributed by atoms with Crippen LogP contribution in [0.5, 0.6) is 0 Å². The van der Waals surface area contributed by atoms with Crippen molar-refractivity contribution in [3.8, 4) is 0 Å². The number of nitrogens with one attached hydrogen (secondary N) is 1. The average molecular weight is 297 g/mol. The normalized spacial score (nSPS) is 21.5. The minimum absolute atomic E-state index is 0.0783. The Morgan fingerprint density at radius 2 is 1.64 bits per heavy atom. The van der Waals surface area contributed by atoms with Crippen LogP contribution < -0.4 is 5.32 Å². The molecule has 22 heavy (non-hydrogen) atoms. The number of carboxylic acid groups (broad SMARTS) is 1. The third-order valence-corrected chi connectivity index (χ3v) is 4.42. The maximum absolute atomic E-state index is 12.3. The molecule has 0 saturated heterocycles. The smallest absolute Gasteiger partial charge is 0.306 e. The third-order valence-electron chi connectivity index (χ3n) is 4.42. The number of fused-ring (bicyclic) bond motifs is 1. The van der Waals surface area contributed by atoms with Gasteiger partial charge in [-0.25, -0.2) is 0 Å². The second kappa shape index (κ2) is 6.18. The SMILES string of the molecule is O=C(N[C@H]1CC[C@@H](C(=O)O)CC1)c1ccc2ccccc2c1. The lowest BCUT2D eigenvalue weighted by Crippen LogP contribution is -2.38. The van der Waals surface area contributed by atoms with Gasteiger partial charge in [0, 0.05) is 11.6 Å². The summed E-state index contributed by atoms with van der Waals surface area (Å²) in [7, 11) is 0. The minimum Gasteiger partial charge on any atom is -0.481 e. The first kappa shape index (κ1) is 14.6. The highest BCUT2D eigenvalue weighted by Gasteiger charge is 2.26. The Morgan fingerprint density at radius 3 is 2.32 bits per heavy atom. The lowest BCUT2D eigenvalue weighted by Gasteiger charge is -2.26. The summed E-state index contributed by atoms with van der Waals surface area (Å²) in [5, 5.41) is 14.2. The fourth-order valence-corrected chi connectivity index (χ4v) is 3.08. The minimum atomic E-state index is -0.723. The highest BCUT2D eigenvalue weighted by atomic mass is 16.4. The number of carbonyl (C=O) groups excluding carboxylic acids is 1. The van der Waals surface area contributed by atoms with E-state index in [4.69, 9.17) is 5.11 Å². The topological polar surface area (TPSA) is 66.4 Å². The molecule has 0 bridgehead atoms. The molecule has 0 aromatic heterocycles. The molecule has 3 rings (SSSR count). The summed E-state index contributed by atoms with van der Waals surface area (Å²) in [6.45, 7) is 0. The van der Waals surface area contributed by atoms with Crippen molar-refractivity contribution in [2.45, 2.75) is 31.7 Å². The molecule has 0 aliphatic heterocycles. The third kappa shape index (κ3) is 3.11. The lowest BCUT2D eigenvalue weighted by atomic mass is 9.86. The van der Waals surface area contributed by atoms with Gasteiger partial charge in [-0.05, 0) is 48.6 Å². The summed E-state index contributed by atoms with van der Waals surface area (Å²) in [4.78, 5) is 23.3. The highest BCUT2D eigenvalue weighted by Crippen LogP contribution is 2.25. The molecule has 1 amide bonds. The van der Waals surface area contributed by atoms with E-state index in [-0.39, 0.29) is 17.9 Å². The van der Waals surface area contributed by atoms with Gasteiger partial charge in [0.1, 0.15) is 0 Å². The molecular formula is C18H19NO3. The molecule has 4 nitrogen and oxygen atoms in total. The molecule has 1 aliphatic carbocycles. The number of rotatable bonds is 3. The van der Waals surface area contributed by atoms with E-state index in [0.29, 0.717) is 18.4 Å². The van der Waals surface area contributed by atoms with Crippen molar-refractivity contribution in [2.24, 2.45) is 5.92 Å². The molecule has 1 saturated carbocycles. The first-order chi connectivity index (χ1) is 10.6. The number of aliphatic carboxylic acids is 1. The van der Waals surface area contributed by atoms with Crippen molar-refractivity contribution in [3.05, 3.63) is 48.0 Å². The van der Waals surface area contributed by atoms with Crippen LogP contribution in [0.2, 0.25) is 0 Å². The van der Waals surface area contributed by atoms with Crippen molar-refractivity contribution in [2.75, 3.05) is 0 Å². The summed E-state index contributed by atoms with van der Waals surface area (Å²) >= 11 is 0. The summed E-state index contributed by atoms with van der Waals surface area (Å²) in [5.41, 5.74) is 0.652. The molecule has 4 heteroatoms. The number of amides is 1. The summed E-state index contributed by atoms with van der Waals surface area (Å²) < 4.78 is 0. The molecule has 2 aromatic carbocycles. The summed E-state index contributed by atoms with van der Waals surface area (Å²) in [6.07, 6.45) is 2.74. The molecule has 0 heterocycles. The Morgan fingerprint density at radius 1 is 0.955 bits per heavy atom. The largest absolute Gasteiger partial charge is 0.481 e. The molecule has 0 atom stereocenters. The maximum atomic E-state index is 12.3. The van der Waals surface area contributed by atoms with E-state index in [2.05, 4.69) is 5.32 Å². The standard InChI is InChI=1S/C18H19NO3/c20-17(19-16-9-7-13(8-10-16)18(21)22)15-6-5-12-3-1-2-4-14(12)11-15/h1-6,11,13,16H,7-10H2,(H,19,20)(H,21,22)/t13-,16+. The van der Waals surface area contributed by atoms with Gasteiger partial charge in [-0.2, -0.15) is 0 Å². The van der Waals surface area contributed by atoms with E-state index in [1.54, 1.807) is 0 Å². The van der Waals surface area contributed by atoms with Crippen LogP contribution in [-0.4, -0.2) is 23.0 Å². The lowest BCUT2D eigenvalue weighted by molar-refractivity contribution is -0.142. The van der Waals surface area contributed by atoms with E-state index in [0.717, 1.165) is 23.6 Å². The van der Waals surface area contributed by atoms with Crippen LogP contribution in [0.15, 0.2) is 42.5 Å². The van der Waals surface area contributed by atoms with Crippen LogP contribution in [0.25, 0.3) is 10.8 Å². The van der Waals surface area contributed by atoms with E-state index in [1.807, 2.05) is 42.5 Å². The molecule has 2 aromatic rings. The van der Waals surface area contributed by atoms with E-state index in [1.165, 1.54) is 0 Å². The van der Waals surface area contributed by atoms with Crippen molar-refractivity contribution >= 4 is 22.6 Å². The zero-order valence-corrected chi connectivity index (χ0v) is 12.3. The maximum Gasteiger partial charge on any atom is 0.306 e. The average Bonchev–Trinajstić information content (AvgIpc) is 2.55. The van der Waals surface area contributed by atoms with E-state index < -0.39 is 5.97 Å². The van der Waals surface area contributed by atoms with Crippen molar-refractivity contribution in [1.29, 1.82) is 0 Å². The first-order valence-electron chi connectivity index (χ1n) is 7.66. The Balaban J connectivity index is 1.65. The van der Waals surface area contributed by atoms with Gasteiger partial charge in [-0.15, -0.1) is 0 Å². The van der Waals surface area contributed by atoms with Crippen LogP contribution >= 0.6 is 0 Å². The van der Waals surface area contributed by atoms with Gasteiger partial charge in [0.25, 0.3) is 5.91 Å². The second-order valence-electron chi connectivity index (χ2n) is 5.92. The summed E-state index contributed by atoms with van der Waals surface area (Å²) in [5.74, 6) is -1.06. The molecule has 1 aliphatic rings. The predicted octanol–water partition coefficient (Wildman–Crippen LogP) is 3.21. The Hall–Kier alpha value is -2.36. The van der Waals surface area contributed by atoms with Gasteiger partial charge in [0.15, 0.2) is 0 Å². The second-order valence-corrected chi connectivity index (χ2v) is 5.92. The van der Waals surface area contributed by atoms with Gasteiger partial charge in [0.05, 0.1) is 5.92 Å². The monoisotopic (exact) mass is 297 g/mol. The number of benzene rings is 2. The van der Waals surface area contributed by atoms with Crippen LogP contribution in [0.4, 0.5) is 0 Å². The molecule has 1 fully saturated rings. The number of carbonyl (C=O) groups is 2. The highest BCUT2D eigenvalue weighted by molar-refractivity contribution is 5.98. The van der Waals surface area contributed by atoms with Crippen LogP contribution in [0.3, 0.4) is 0 Å². The van der Waals surface area contributed by atoms with E-state index in [9.17, 15) is 9.59 Å².